The van der Waals surface area contributed by atoms with Gasteiger partial charge in [-0.1, -0.05) is 18.2 Å². The molecule has 0 aromatic heterocycles. The summed E-state index contributed by atoms with van der Waals surface area (Å²) in [6.45, 7) is 1.20. The third-order valence-electron chi connectivity index (χ3n) is 6.65. The van der Waals surface area contributed by atoms with Crippen molar-refractivity contribution in [1.29, 1.82) is 0 Å². The normalized spacial score (nSPS) is 18.3. The number of hydrogen-bond donors (Lipinski definition) is 1. The second-order valence-electron chi connectivity index (χ2n) is 8.98. The summed E-state index contributed by atoms with van der Waals surface area (Å²) in [4.78, 5) is 13.1. The molecule has 2 aliphatic heterocycles. The van der Waals surface area contributed by atoms with E-state index in [0.717, 1.165) is 12.8 Å². The fraction of sp³-hybridized carbons (Fsp3) is 0.458. The lowest BCUT2D eigenvalue weighted by Gasteiger charge is -2.30. The average molecular weight is 540 g/mol. The SMILES string of the molecule is COc1ccc(S(=O)(=O)N2CCCC2)cc1NC(=O)C1CCN(S(=O)(=O)Cc2ccccc2F)CC1. The predicted octanol–water partition coefficient (Wildman–Crippen LogP) is 2.80. The van der Waals surface area contributed by atoms with Gasteiger partial charge in [-0.2, -0.15) is 4.31 Å². The fourth-order valence-electron chi connectivity index (χ4n) is 4.56. The van der Waals surface area contributed by atoms with Gasteiger partial charge in [0.05, 0.1) is 23.4 Å². The standard InChI is InChI=1S/C24H30FN3O6S2/c1-34-23-9-8-20(36(32,33)28-12-4-5-13-28)16-22(23)26-24(29)18-10-14-27(15-11-18)35(30,31)17-19-6-2-3-7-21(19)25/h2-3,6-9,16,18H,4-5,10-15,17H2,1H3,(H,26,29). The molecule has 1 amide bonds. The lowest BCUT2D eigenvalue weighted by Crippen LogP contribution is -2.42. The van der Waals surface area contributed by atoms with Gasteiger partial charge in [0, 0.05) is 37.7 Å². The van der Waals surface area contributed by atoms with Gasteiger partial charge >= 0.3 is 0 Å². The molecule has 4 rings (SSSR count). The van der Waals surface area contributed by atoms with E-state index in [4.69, 9.17) is 4.74 Å². The molecule has 0 spiro atoms. The van der Waals surface area contributed by atoms with Gasteiger partial charge in [-0.3, -0.25) is 4.79 Å². The van der Waals surface area contributed by atoms with Crippen molar-refractivity contribution in [3.63, 3.8) is 0 Å². The molecule has 2 aromatic carbocycles. The van der Waals surface area contributed by atoms with Crippen molar-refractivity contribution in [1.82, 2.24) is 8.61 Å². The lowest BCUT2D eigenvalue weighted by atomic mass is 9.97. The molecule has 2 aliphatic rings. The van der Waals surface area contributed by atoms with E-state index in [2.05, 4.69) is 5.32 Å². The first-order chi connectivity index (χ1) is 17.1. The highest BCUT2D eigenvalue weighted by atomic mass is 32.2. The van der Waals surface area contributed by atoms with Gasteiger partial charge in [0.2, 0.25) is 26.0 Å². The molecular formula is C24H30FN3O6S2. The zero-order chi connectivity index (χ0) is 25.9. The van der Waals surface area contributed by atoms with Crippen LogP contribution in [0.3, 0.4) is 0 Å². The van der Waals surface area contributed by atoms with Crippen molar-refractivity contribution in [2.45, 2.75) is 36.3 Å². The number of amides is 1. The number of rotatable bonds is 8. The first-order valence-electron chi connectivity index (χ1n) is 11.8. The highest BCUT2D eigenvalue weighted by molar-refractivity contribution is 7.89. The van der Waals surface area contributed by atoms with Crippen LogP contribution in [-0.2, 0) is 30.6 Å². The summed E-state index contributed by atoms with van der Waals surface area (Å²) in [5.41, 5.74) is 0.352. The second kappa shape index (κ2) is 10.8. The van der Waals surface area contributed by atoms with Crippen LogP contribution in [0, 0.1) is 11.7 Å². The monoisotopic (exact) mass is 539 g/mol. The number of hydrogen-bond acceptors (Lipinski definition) is 6. The van der Waals surface area contributed by atoms with E-state index >= 15 is 0 Å². The number of anilines is 1. The highest BCUT2D eigenvalue weighted by Gasteiger charge is 2.33. The van der Waals surface area contributed by atoms with Crippen LogP contribution in [0.4, 0.5) is 10.1 Å². The van der Waals surface area contributed by atoms with Gasteiger partial charge in [-0.05, 0) is 49.9 Å². The van der Waals surface area contributed by atoms with E-state index in [-0.39, 0.29) is 48.0 Å². The number of piperidine rings is 1. The fourth-order valence-corrected chi connectivity index (χ4v) is 7.68. The minimum atomic E-state index is -3.74. The summed E-state index contributed by atoms with van der Waals surface area (Å²) in [6, 6.07) is 10.1. The van der Waals surface area contributed by atoms with E-state index in [0.29, 0.717) is 18.8 Å². The quantitative estimate of drug-likeness (QED) is 0.552. The summed E-state index contributed by atoms with van der Waals surface area (Å²) in [5.74, 6) is -1.48. The zero-order valence-electron chi connectivity index (χ0n) is 20.0. The molecule has 0 saturated carbocycles. The molecule has 0 atom stereocenters. The Labute approximate surface area is 211 Å². The minimum Gasteiger partial charge on any atom is -0.495 e. The van der Waals surface area contributed by atoms with Crippen LogP contribution in [0.5, 0.6) is 5.75 Å². The third kappa shape index (κ3) is 5.72. The maximum atomic E-state index is 13.9. The topological polar surface area (TPSA) is 113 Å². The molecule has 0 aliphatic carbocycles. The van der Waals surface area contributed by atoms with E-state index < -0.39 is 37.5 Å². The van der Waals surface area contributed by atoms with Crippen LogP contribution in [0.2, 0.25) is 0 Å². The lowest BCUT2D eigenvalue weighted by molar-refractivity contribution is -0.120. The molecular weight excluding hydrogens is 509 g/mol. The van der Waals surface area contributed by atoms with Crippen LogP contribution >= 0.6 is 0 Å². The predicted molar refractivity (Wildman–Crippen MR) is 133 cm³/mol. The van der Waals surface area contributed by atoms with Crippen molar-refractivity contribution in [2.75, 3.05) is 38.6 Å². The molecule has 0 unspecified atom stereocenters. The van der Waals surface area contributed by atoms with Crippen LogP contribution < -0.4 is 10.1 Å². The van der Waals surface area contributed by atoms with E-state index in [1.165, 1.54) is 52.1 Å². The Balaban J connectivity index is 1.41. The number of ether oxygens (including phenoxy) is 1. The van der Waals surface area contributed by atoms with Gasteiger partial charge in [-0.25, -0.2) is 25.5 Å². The first kappa shape index (κ1) is 26.5. The molecule has 9 nitrogen and oxygen atoms in total. The number of carbonyl (C=O) groups excluding carboxylic acids is 1. The van der Waals surface area contributed by atoms with Crippen LogP contribution in [0.15, 0.2) is 47.4 Å². The second-order valence-corrected chi connectivity index (χ2v) is 12.9. The largest absolute Gasteiger partial charge is 0.495 e. The minimum absolute atomic E-state index is 0.0783. The number of carbonyl (C=O) groups is 1. The highest BCUT2D eigenvalue weighted by Crippen LogP contribution is 2.31. The zero-order valence-corrected chi connectivity index (χ0v) is 21.7. The Morgan fingerprint density at radius 1 is 1.00 bits per heavy atom. The summed E-state index contributed by atoms with van der Waals surface area (Å²) in [6.07, 6.45) is 2.20. The van der Waals surface area contributed by atoms with Crippen molar-refractivity contribution in [3.8, 4) is 5.75 Å². The summed E-state index contributed by atoms with van der Waals surface area (Å²) in [7, 11) is -5.98. The van der Waals surface area contributed by atoms with Crippen LogP contribution in [0.25, 0.3) is 0 Å². The number of nitrogens with one attached hydrogen (secondary N) is 1. The van der Waals surface area contributed by atoms with Crippen molar-refractivity contribution in [3.05, 3.63) is 53.8 Å². The van der Waals surface area contributed by atoms with Gasteiger partial charge in [-0.15, -0.1) is 0 Å². The maximum Gasteiger partial charge on any atom is 0.243 e. The molecule has 2 aromatic rings. The Hall–Kier alpha value is -2.54. The molecule has 2 saturated heterocycles. The number of sulfonamides is 2. The van der Waals surface area contributed by atoms with Crippen molar-refractivity contribution >= 4 is 31.6 Å². The number of halogens is 1. The Morgan fingerprint density at radius 2 is 1.67 bits per heavy atom. The van der Waals surface area contributed by atoms with Crippen LogP contribution in [-0.4, -0.2) is 64.6 Å². The third-order valence-corrected chi connectivity index (χ3v) is 10.4. The summed E-state index contributed by atoms with van der Waals surface area (Å²) in [5, 5.41) is 2.77. The van der Waals surface area contributed by atoms with Gasteiger partial charge in [0.15, 0.2) is 0 Å². The number of benzene rings is 2. The molecule has 2 fully saturated rings. The molecule has 1 N–H and O–H groups in total. The van der Waals surface area contributed by atoms with E-state index in [9.17, 15) is 26.0 Å². The Morgan fingerprint density at radius 3 is 2.31 bits per heavy atom. The van der Waals surface area contributed by atoms with Crippen molar-refractivity contribution < 1.29 is 30.8 Å². The molecule has 196 valence electrons. The Bertz CT molecular complexity index is 1320. The van der Waals surface area contributed by atoms with Gasteiger partial charge in [0.25, 0.3) is 0 Å². The molecule has 2 heterocycles. The number of nitrogens with zero attached hydrogens (tertiary/aromatic N) is 2. The maximum absolute atomic E-state index is 13.9. The molecule has 0 bridgehead atoms. The number of methoxy groups -OCH3 is 1. The van der Waals surface area contributed by atoms with Gasteiger partial charge in [0.1, 0.15) is 11.6 Å². The molecule has 12 heteroatoms. The molecule has 36 heavy (non-hydrogen) atoms. The van der Waals surface area contributed by atoms with E-state index in [1.54, 1.807) is 6.07 Å². The van der Waals surface area contributed by atoms with Crippen LogP contribution in [0.1, 0.15) is 31.2 Å². The van der Waals surface area contributed by atoms with E-state index in [1.807, 2.05) is 0 Å². The smallest absolute Gasteiger partial charge is 0.243 e. The summed E-state index contributed by atoms with van der Waals surface area (Å²) >= 11 is 0. The Kier molecular flexibility index (Phi) is 7.98. The van der Waals surface area contributed by atoms with Gasteiger partial charge < -0.3 is 10.1 Å². The first-order valence-corrected chi connectivity index (χ1v) is 14.9. The average Bonchev–Trinajstić information content (AvgIpc) is 3.41. The summed E-state index contributed by atoms with van der Waals surface area (Å²) < 4.78 is 73.4. The van der Waals surface area contributed by atoms with Crippen molar-refractivity contribution in [2.24, 2.45) is 5.92 Å². The molecule has 0 radical (unpaired) electrons.